The molecule has 0 saturated heterocycles. The van der Waals surface area contributed by atoms with Gasteiger partial charge < -0.3 is 16.0 Å². The molecule has 1 atom stereocenters. The van der Waals surface area contributed by atoms with E-state index in [9.17, 15) is 9.18 Å². The molecule has 2 amide bonds. The van der Waals surface area contributed by atoms with Gasteiger partial charge in [-0.05, 0) is 38.1 Å². The molecule has 0 fully saturated rings. The highest BCUT2D eigenvalue weighted by Gasteiger charge is 2.14. The smallest absolute Gasteiger partial charge is 0.321 e. The van der Waals surface area contributed by atoms with Crippen molar-refractivity contribution in [2.75, 3.05) is 18.9 Å². The summed E-state index contributed by atoms with van der Waals surface area (Å²) in [6.07, 6.45) is 0.729. The topological polar surface area (TPSA) is 58.4 Å². The lowest BCUT2D eigenvalue weighted by atomic mass is 10.2. The Morgan fingerprint density at radius 3 is 2.88 bits per heavy atom. The summed E-state index contributed by atoms with van der Waals surface area (Å²) in [5.74, 6) is -0.375. The van der Waals surface area contributed by atoms with Gasteiger partial charge in [0.15, 0.2) is 0 Å². The number of urea groups is 1. The van der Waals surface area contributed by atoms with Gasteiger partial charge in [-0.15, -0.1) is 0 Å². The number of hydrogen-bond acceptors (Lipinski definition) is 2. The Morgan fingerprint density at radius 1 is 1.59 bits per heavy atom. The first kappa shape index (κ1) is 13.4. The zero-order valence-corrected chi connectivity index (χ0v) is 10.1. The number of rotatable bonds is 4. The molecule has 1 unspecified atom stereocenters. The highest BCUT2D eigenvalue weighted by atomic mass is 19.1. The Morgan fingerprint density at radius 2 is 2.29 bits per heavy atom. The van der Waals surface area contributed by atoms with E-state index in [1.807, 2.05) is 6.92 Å². The van der Waals surface area contributed by atoms with E-state index in [2.05, 4.69) is 5.32 Å². The number of hydrogen-bond donors (Lipinski definition) is 2. The van der Waals surface area contributed by atoms with Crippen molar-refractivity contribution < 1.29 is 9.18 Å². The van der Waals surface area contributed by atoms with Crippen molar-refractivity contribution in [2.24, 2.45) is 5.73 Å². The van der Waals surface area contributed by atoms with Crippen LogP contribution in [0.15, 0.2) is 24.3 Å². The van der Waals surface area contributed by atoms with Gasteiger partial charge in [-0.25, -0.2) is 9.18 Å². The van der Waals surface area contributed by atoms with Crippen LogP contribution in [0.4, 0.5) is 14.9 Å². The molecule has 4 nitrogen and oxygen atoms in total. The monoisotopic (exact) mass is 239 g/mol. The first-order valence-electron chi connectivity index (χ1n) is 5.54. The molecule has 0 spiro atoms. The summed E-state index contributed by atoms with van der Waals surface area (Å²) in [5.41, 5.74) is 5.88. The lowest BCUT2D eigenvalue weighted by Gasteiger charge is -2.24. The van der Waals surface area contributed by atoms with Crippen LogP contribution in [0.5, 0.6) is 0 Å². The largest absolute Gasteiger partial charge is 0.330 e. The van der Waals surface area contributed by atoms with Gasteiger partial charge in [0.1, 0.15) is 5.82 Å². The Labute approximate surface area is 101 Å². The van der Waals surface area contributed by atoms with Crippen LogP contribution in [0.1, 0.15) is 13.3 Å². The van der Waals surface area contributed by atoms with Crippen LogP contribution in [-0.4, -0.2) is 30.6 Å². The van der Waals surface area contributed by atoms with Crippen molar-refractivity contribution in [3.8, 4) is 0 Å². The van der Waals surface area contributed by atoms with Gasteiger partial charge in [-0.2, -0.15) is 0 Å². The number of anilines is 1. The Hall–Kier alpha value is -1.62. The highest BCUT2D eigenvalue weighted by Crippen LogP contribution is 2.11. The molecule has 0 heterocycles. The Kier molecular flexibility index (Phi) is 4.90. The van der Waals surface area contributed by atoms with Gasteiger partial charge >= 0.3 is 6.03 Å². The van der Waals surface area contributed by atoms with Crippen LogP contribution >= 0.6 is 0 Å². The molecule has 94 valence electrons. The zero-order chi connectivity index (χ0) is 12.8. The van der Waals surface area contributed by atoms with Crippen LogP contribution in [0.2, 0.25) is 0 Å². The minimum atomic E-state index is -0.375. The molecule has 1 aromatic rings. The number of nitrogens with zero attached hydrogens (tertiary/aromatic N) is 1. The molecule has 0 aliphatic heterocycles. The molecular weight excluding hydrogens is 221 g/mol. The van der Waals surface area contributed by atoms with Crippen molar-refractivity contribution in [1.82, 2.24) is 4.90 Å². The van der Waals surface area contributed by atoms with Crippen molar-refractivity contribution in [3.63, 3.8) is 0 Å². The van der Waals surface area contributed by atoms with E-state index in [1.165, 1.54) is 12.1 Å². The predicted molar refractivity (Wildman–Crippen MR) is 66.3 cm³/mol. The molecule has 0 aliphatic rings. The van der Waals surface area contributed by atoms with Crippen molar-refractivity contribution in [1.29, 1.82) is 0 Å². The summed E-state index contributed by atoms with van der Waals surface area (Å²) in [4.78, 5) is 13.3. The summed E-state index contributed by atoms with van der Waals surface area (Å²) < 4.78 is 12.9. The predicted octanol–water partition coefficient (Wildman–Crippen LogP) is 2.03. The van der Waals surface area contributed by atoms with Gasteiger partial charge in [0.05, 0.1) is 0 Å². The third-order valence-electron chi connectivity index (χ3n) is 2.64. The van der Waals surface area contributed by atoms with E-state index in [1.54, 1.807) is 24.1 Å². The van der Waals surface area contributed by atoms with Gasteiger partial charge in [0.2, 0.25) is 0 Å². The summed E-state index contributed by atoms with van der Waals surface area (Å²) >= 11 is 0. The molecule has 1 aromatic carbocycles. The van der Waals surface area contributed by atoms with Gasteiger partial charge in [-0.3, -0.25) is 0 Å². The quantitative estimate of drug-likeness (QED) is 0.844. The Bertz CT molecular complexity index is 384. The molecule has 0 aliphatic carbocycles. The number of carbonyl (C=O) groups is 1. The number of amides is 2. The first-order chi connectivity index (χ1) is 8.04. The van der Waals surface area contributed by atoms with Crippen LogP contribution in [0.3, 0.4) is 0 Å². The van der Waals surface area contributed by atoms with Crippen LogP contribution in [0.25, 0.3) is 0 Å². The van der Waals surface area contributed by atoms with Crippen molar-refractivity contribution in [2.45, 2.75) is 19.4 Å². The fourth-order valence-electron chi connectivity index (χ4n) is 1.41. The minimum Gasteiger partial charge on any atom is -0.330 e. The maximum atomic E-state index is 12.9. The second-order valence-electron chi connectivity index (χ2n) is 3.98. The second-order valence-corrected chi connectivity index (χ2v) is 3.98. The van der Waals surface area contributed by atoms with Crippen LogP contribution in [0, 0.1) is 5.82 Å². The standard InChI is InChI=1S/C12H18FN3O/c1-9(6-7-14)16(2)12(17)15-11-5-3-4-10(13)8-11/h3-5,8-9H,6-7,14H2,1-2H3,(H,15,17). The average molecular weight is 239 g/mol. The number of benzene rings is 1. The molecule has 5 heteroatoms. The van der Waals surface area contributed by atoms with Crippen LogP contribution < -0.4 is 11.1 Å². The molecule has 17 heavy (non-hydrogen) atoms. The fourth-order valence-corrected chi connectivity index (χ4v) is 1.41. The van der Waals surface area contributed by atoms with E-state index < -0.39 is 0 Å². The molecular formula is C12H18FN3O. The molecule has 0 saturated carbocycles. The van der Waals surface area contributed by atoms with Crippen LogP contribution in [-0.2, 0) is 0 Å². The summed E-state index contributed by atoms with van der Waals surface area (Å²) in [6.45, 7) is 2.44. The SMILES string of the molecule is CC(CCN)N(C)C(=O)Nc1cccc(F)c1. The van der Waals surface area contributed by atoms with E-state index in [0.717, 1.165) is 6.42 Å². The number of nitrogens with two attached hydrogens (primary N) is 1. The normalized spacial score (nSPS) is 12.0. The number of carbonyl (C=O) groups excluding carboxylic acids is 1. The van der Waals surface area contributed by atoms with Crippen molar-refractivity contribution >= 4 is 11.7 Å². The molecule has 0 radical (unpaired) electrons. The molecule has 0 bridgehead atoms. The molecule has 0 aromatic heterocycles. The second kappa shape index (κ2) is 6.20. The lowest BCUT2D eigenvalue weighted by Crippen LogP contribution is -2.39. The van der Waals surface area contributed by atoms with E-state index in [0.29, 0.717) is 12.2 Å². The lowest BCUT2D eigenvalue weighted by molar-refractivity contribution is 0.206. The van der Waals surface area contributed by atoms with Gasteiger partial charge in [0, 0.05) is 18.8 Å². The third kappa shape index (κ3) is 4.03. The Balaban J connectivity index is 2.60. The summed E-state index contributed by atoms with van der Waals surface area (Å²) in [5, 5.41) is 2.63. The minimum absolute atomic E-state index is 0.0496. The third-order valence-corrected chi connectivity index (χ3v) is 2.64. The average Bonchev–Trinajstić information content (AvgIpc) is 2.28. The zero-order valence-electron chi connectivity index (χ0n) is 10.1. The van der Waals surface area contributed by atoms with E-state index >= 15 is 0 Å². The maximum absolute atomic E-state index is 12.9. The van der Waals surface area contributed by atoms with E-state index in [-0.39, 0.29) is 17.9 Å². The van der Waals surface area contributed by atoms with Gasteiger partial charge in [0.25, 0.3) is 0 Å². The first-order valence-corrected chi connectivity index (χ1v) is 5.54. The number of nitrogens with one attached hydrogen (secondary N) is 1. The van der Waals surface area contributed by atoms with Crippen molar-refractivity contribution in [3.05, 3.63) is 30.1 Å². The molecule has 1 rings (SSSR count). The summed E-state index contributed by atoms with van der Waals surface area (Å²) in [7, 11) is 1.69. The fraction of sp³-hybridized carbons (Fsp3) is 0.417. The van der Waals surface area contributed by atoms with Gasteiger partial charge in [-0.1, -0.05) is 6.07 Å². The number of halogens is 1. The highest BCUT2D eigenvalue weighted by molar-refractivity contribution is 5.89. The maximum Gasteiger partial charge on any atom is 0.321 e. The summed E-state index contributed by atoms with van der Waals surface area (Å²) in [6, 6.07) is 5.58. The van der Waals surface area contributed by atoms with E-state index in [4.69, 9.17) is 5.73 Å². The molecule has 3 N–H and O–H groups in total.